The van der Waals surface area contributed by atoms with Crippen molar-refractivity contribution in [1.29, 1.82) is 0 Å². The number of benzene rings is 1. The molecule has 0 unspecified atom stereocenters. The molecule has 1 aromatic carbocycles. The van der Waals surface area contributed by atoms with E-state index in [1.807, 2.05) is 42.5 Å². The van der Waals surface area contributed by atoms with Crippen LogP contribution >= 0.6 is 0 Å². The Balaban J connectivity index is 1.48. The summed E-state index contributed by atoms with van der Waals surface area (Å²) in [5.41, 5.74) is 2.22. The summed E-state index contributed by atoms with van der Waals surface area (Å²) in [5.74, 6) is 1.15. The molecule has 0 atom stereocenters. The summed E-state index contributed by atoms with van der Waals surface area (Å²) in [6.45, 7) is 1.03. The Labute approximate surface area is 157 Å². The predicted molar refractivity (Wildman–Crippen MR) is 103 cm³/mol. The van der Waals surface area contributed by atoms with Crippen molar-refractivity contribution >= 4 is 11.7 Å². The lowest BCUT2D eigenvalue weighted by Crippen LogP contribution is -2.27. The number of anilines is 1. The van der Waals surface area contributed by atoms with Gasteiger partial charge in [0.25, 0.3) is 5.91 Å². The average molecular weight is 363 g/mol. The lowest BCUT2D eigenvalue weighted by Gasteiger charge is -2.09. The van der Waals surface area contributed by atoms with E-state index < -0.39 is 0 Å². The average Bonchev–Trinajstić information content (AvgIpc) is 2.73. The van der Waals surface area contributed by atoms with E-state index in [0.29, 0.717) is 25.3 Å². The second-order valence-electron chi connectivity index (χ2n) is 5.80. The molecule has 0 radical (unpaired) electrons. The summed E-state index contributed by atoms with van der Waals surface area (Å²) >= 11 is 0. The highest BCUT2D eigenvalue weighted by Crippen LogP contribution is 2.17. The summed E-state index contributed by atoms with van der Waals surface area (Å²) in [4.78, 5) is 16.4. The highest BCUT2D eigenvalue weighted by atomic mass is 16.5. The van der Waals surface area contributed by atoms with Crippen molar-refractivity contribution < 1.29 is 9.53 Å². The fraction of sp³-hybridized carbons (Fsp3) is 0.200. The monoisotopic (exact) mass is 363 g/mol. The molecular weight excluding hydrogens is 342 g/mol. The smallest absolute Gasteiger partial charge is 0.271 e. The molecule has 7 heteroatoms. The third kappa shape index (κ3) is 5.24. The Morgan fingerprint density at radius 3 is 2.63 bits per heavy atom. The molecule has 0 saturated heterocycles. The van der Waals surface area contributed by atoms with E-state index in [0.717, 1.165) is 17.0 Å². The molecule has 0 fully saturated rings. The first-order valence-electron chi connectivity index (χ1n) is 8.64. The number of ether oxygens (including phenoxy) is 1. The summed E-state index contributed by atoms with van der Waals surface area (Å²) in [7, 11) is 1.64. The Kier molecular flexibility index (Phi) is 6.30. The maximum atomic E-state index is 12.2. The zero-order valence-corrected chi connectivity index (χ0v) is 15.1. The number of pyridine rings is 1. The van der Waals surface area contributed by atoms with E-state index in [4.69, 9.17) is 4.74 Å². The van der Waals surface area contributed by atoms with Crippen LogP contribution in [0.1, 0.15) is 21.7 Å². The van der Waals surface area contributed by atoms with E-state index in [1.165, 1.54) is 0 Å². The number of carbonyl (C=O) groups is 1. The zero-order chi connectivity index (χ0) is 18.9. The van der Waals surface area contributed by atoms with Gasteiger partial charge in [0, 0.05) is 12.7 Å². The number of methoxy groups -OCH3 is 1. The van der Waals surface area contributed by atoms with Gasteiger partial charge in [-0.2, -0.15) is 0 Å². The number of para-hydroxylation sites is 1. The molecule has 0 aliphatic heterocycles. The minimum Gasteiger partial charge on any atom is -0.496 e. The van der Waals surface area contributed by atoms with Crippen LogP contribution in [0.4, 0.5) is 5.82 Å². The van der Waals surface area contributed by atoms with Crippen LogP contribution in [0.25, 0.3) is 0 Å². The topological polar surface area (TPSA) is 89.0 Å². The van der Waals surface area contributed by atoms with Crippen molar-refractivity contribution in [2.45, 2.75) is 13.0 Å². The normalized spacial score (nSPS) is 10.3. The van der Waals surface area contributed by atoms with E-state index in [-0.39, 0.29) is 11.6 Å². The van der Waals surface area contributed by atoms with Crippen LogP contribution in [0.2, 0.25) is 0 Å². The zero-order valence-electron chi connectivity index (χ0n) is 15.1. The van der Waals surface area contributed by atoms with E-state index in [1.54, 1.807) is 25.4 Å². The number of hydrogen-bond donors (Lipinski definition) is 2. The molecule has 3 rings (SSSR count). The number of hydrogen-bond acceptors (Lipinski definition) is 6. The molecule has 3 aromatic rings. The molecule has 0 aliphatic carbocycles. The minimum atomic E-state index is -0.256. The molecule has 0 bridgehead atoms. The lowest BCUT2D eigenvalue weighted by atomic mass is 10.1. The van der Waals surface area contributed by atoms with Crippen molar-refractivity contribution in [3.63, 3.8) is 0 Å². The Bertz CT molecular complexity index is 869. The van der Waals surface area contributed by atoms with Crippen molar-refractivity contribution in [3.05, 3.63) is 77.7 Å². The van der Waals surface area contributed by atoms with Gasteiger partial charge in [0.1, 0.15) is 11.6 Å². The Morgan fingerprint density at radius 2 is 1.89 bits per heavy atom. The first-order chi connectivity index (χ1) is 13.3. The molecule has 27 heavy (non-hydrogen) atoms. The van der Waals surface area contributed by atoms with Crippen molar-refractivity contribution in [2.75, 3.05) is 19.0 Å². The highest BCUT2D eigenvalue weighted by Gasteiger charge is 2.09. The van der Waals surface area contributed by atoms with Gasteiger partial charge < -0.3 is 15.4 Å². The van der Waals surface area contributed by atoms with Gasteiger partial charge in [0.05, 0.1) is 19.3 Å². The van der Waals surface area contributed by atoms with E-state index in [9.17, 15) is 4.79 Å². The molecule has 0 saturated carbocycles. The molecular formula is C20H21N5O2. The van der Waals surface area contributed by atoms with Gasteiger partial charge in [-0.15, -0.1) is 10.2 Å². The third-order valence-corrected chi connectivity index (χ3v) is 3.95. The molecule has 2 heterocycles. The van der Waals surface area contributed by atoms with Crippen LogP contribution in [-0.2, 0) is 13.0 Å². The van der Waals surface area contributed by atoms with Crippen LogP contribution < -0.4 is 15.4 Å². The summed E-state index contributed by atoms with van der Waals surface area (Å²) in [5, 5.41) is 14.0. The Morgan fingerprint density at radius 1 is 1.04 bits per heavy atom. The van der Waals surface area contributed by atoms with Crippen molar-refractivity contribution in [1.82, 2.24) is 20.5 Å². The van der Waals surface area contributed by atoms with Crippen LogP contribution in [0.15, 0.2) is 60.8 Å². The van der Waals surface area contributed by atoms with Crippen molar-refractivity contribution in [3.8, 4) is 5.75 Å². The van der Waals surface area contributed by atoms with Gasteiger partial charge in [-0.1, -0.05) is 24.3 Å². The van der Waals surface area contributed by atoms with Crippen LogP contribution in [0.3, 0.4) is 0 Å². The fourth-order valence-electron chi connectivity index (χ4n) is 2.54. The standard InChI is InChI=1S/C20H21N5O2/c1-27-18-8-3-2-6-15(18)11-13-22-20(26)17-9-10-19(25-24-17)23-14-16-7-4-5-12-21-16/h2-10,12H,11,13-14H2,1H3,(H,22,26)(H,23,25). The second kappa shape index (κ2) is 9.28. The summed E-state index contributed by atoms with van der Waals surface area (Å²) in [6, 6.07) is 16.8. The van der Waals surface area contributed by atoms with Crippen LogP contribution in [0.5, 0.6) is 5.75 Å². The van der Waals surface area contributed by atoms with Crippen LogP contribution in [-0.4, -0.2) is 34.7 Å². The maximum absolute atomic E-state index is 12.2. The van der Waals surface area contributed by atoms with Crippen molar-refractivity contribution in [2.24, 2.45) is 0 Å². The largest absolute Gasteiger partial charge is 0.496 e. The van der Waals surface area contributed by atoms with E-state index in [2.05, 4.69) is 25.8 Å². The fourth-order valence-corrected chi connectivity index (χ4v) is 2.54. The quantitative estimate of drug-likeness (QED) is 0.639. The van der Waals surface area contributed by atoms with E-state index >= 15 is 0 Å². The highest BCUT2D eigenvalue weighted by molar-refractivity contribution is 5.92. The minimum absolute atomic E-state index is 0.256. The summed E-state index contributed by atoms with van der Waals surface area (Å²) < 4.78 is 5.31. The SMILES string of the molecule is COc1ccccc1CCNC(=O)c1ccc(NCc2ccccn2)nn1. The summed E-state index contributed by atoms with van der Waals surface area (Å²) in [6.07, 6.45) is 2.41. The number of carbonyl (C=O) groups excluding carboxylic acids is 1. The molecule has 138 valence electrons. The number of nitrogens with one attached hydrogen (secondary N) is 2. The van der Waals surface area contributed by atoms with Crippen LogP contribution in [0, 0.1) is 0 Å². The number of aromatic nitrogens is 3. The molecule has 0 spiro atoms. The molecule has 7 nitrogen and oxygen atoms in total. The first-order valence-corrected chi connectivity index (χ1v) is 8.64. The number of nitrogens with zero attached hydrogens (tertiary/aromatic N) is 3. The lowest BCUT2D eigenvalue weighted by molar-refractivity contribution is 0.0948. The predicted octanol–water partition coefficient (Wildman–Crippen LogP) is 2.46. The Hall–Kier alpha value is -3.48. The molecule has 2 aromatic heterocycles. The van der Waals surface area contributed by atoms with Gasteiger partial charge in [0.2, 0.25) is 0 Å². The maximum Gasteiger partial charge on any atom is 0.271 e. The third-order valence-electron chi connectivity index (χ3n) is 3.95. The van der Waals surface area contributed by atoms with Gasteiger partial charge in [-0.25, -0.2) is 0 Å². The van der Waals surface area contributed by atoms with Gasteiger partial charge in [-0.05, 0) is 42.3 Å². The second-order valence-corrected chi connectivity index (χ2v) is 5.80. The number of rotatable bonds is 8. The first kappa shape index (κ1) is 18.3. The number of amides is 1. The van der Waals surface area contributed by atoms with Gasteiger partial charge in [-0.3, -0.25) is 9.78 Å². The van der Waals surface area contributed by atoms with Gasteiger partial charge in [0.15, 0.2) is 5.69 Å². The van der Waals surface area contributed by atoms with Gasteiger partial charge >= 0.3 is 0 Å². The molecule has 2 N–H and O–H groups in total. The molecule has 1 amide bonds. The molecule has 0 aliphatic rings.